The molecule has 2 aromatic rings. The van der Waals surface area contributed by atoms with Crippen molar-refractivity contribution >= 4 is 27.7 Å². The van der Waals surface area contributed by atoms with E-state index in [-0.39, 0.29) is 17.1 Å². The molecule has 2 amide bonds. The molecule has 0 bridgehead atoms. The van der Waals surface area contributed by atoms with Gasteiger partial charge in [-0.15, -0.1) is 0 Å². The van der Waals surface area contributed by atoms with Crippen LogP contribution < -0.4 is 10.9 Å². The first-order valence-electron chi connectivity index (χ1n) is 5.20. The highest BCUT2D eigenvalue weighted by atomic mass is 79.9. The third-order valence-corrected chi connectivity index (χ3v) is 2.73. The van der Waals surface area contributed by atoms with E-state index >= 15 is 0 Å². The molecule has 0 radical (unpaired) electrons. The number of nitrogens with one attached hydrogen (secondary N) is 2. The van der Waals surface area contributed by atoms with Gasteiger partial charge in [-0.25, -0.2) is 0 Å². The minimum Gasteiger partial charge on any atom is -0.507 e. The van der Waals surface area contributed by atoms with Crippen LogP contribution in [-0.2, 0) is 0 Å². The highest BCUT2D eigenvalue weighted by Crippen LogP contribution is 2.21. The Kier molecular flexibility index (Phi) is 3.86. The number of aromatic hydroxyl groups is 1. The van der Waals surface area contributed by atoms with Crippen LogP contribution in [0.5, 0.6) is 5.75 Å². The van der Waals surface area contributed by atoms with Crippen LogP contribution in [0, 0.1) is 0 Å². The molecule has 0 aliphatic heterocycles. The Morgan fingerprint density at radius 1 is 1.16 bits per heavy atom. The fraction of sp³-hybridized carbons (Fsp3) is 0. The molecule has 0 fully saturated rings. The zero-order valence-electron chi connectivity index (χ0n) is 9.51. The van der Waals surface area contributed by atoms with Crippen molar-refractivity contribution in [2.45, 2.75) is 0 Å². The summed E-state index contributed by atoms with van der Waals surface area (Å²) in [4.78, 5) is 23.3. The van der Waals surface area contributed by atoms with Gasteiger partial charge in [0, 0.05) is 4.47 Å². The lowest BCUT2D eigenvalue weighted by Crippen LogP contribution is -2.41. The van der Waals surface area contributed by atoms with Gasteiger partial charge < -0.3 is 9.52 Å². The van der Waals surface area contributed by atoms with Gasteiger partial charge in [0.25, 0.3) is 5.91 Å². The molecule has 1 aromatic heterocycles. The Labute approximate surface area is 116 Å². The van der Waals surface area contributed by atoms with Gasteiger partial charge >= 0.3 is 5.91 Å². The number of amides is 2. The Hall–Kier alpha value is -2.28. The Bertz CT molecular complexity index is 610. The SMILES string of the molecule is O=C(NNC(=O)c1cc(Br)ccc1O)c1ccco1. The molecule has 6 nitrogen and oxygen atoms in total. The summed E-state index contributed by atoms with van der Waals surface area (Å²) in [6.07, 6.45) is 1.34. The van der Waals surface area contributed by atoms with Gasteiger partial charge in [0.05, 0.1) is 11.8 Å². The molecular formula is C12H9BrN2O4. The molecular weight excluding hydrogens is 316 g/mol. The normalized spacial score (nSPS) is 9.95. The van der Waals surface area contributed by atoms with Gasteiger partial charge in [-0.2, -0.15) is 0 Å². The maximum atomic E-state index is 11.8. The second kappa shape index (κ2) is 5.57. The molecule has 1 heterocycles. The van der Waals surface area contributed by atoms with E-state index in [4.69, 9.17) is 4.42 Å². The molecule has 0 saturated heterocycles. The number of hydrogen-bond donors (Lipinski definition) is 3. The van der Waals surface area contributed by atoms with Crippen molar-refractivity contribution in [3.63, 3.8) is 0 Å². The third-order valence-electron chi connectivity index (χ3n) is 2.24. The molecule has 98 valence electrons. The number of halogens is 1. The molecule has 0 atom stereocenters. The van der Waals surface area contributed by atoms with Crippen molar-refractivity contribution in [1.29, 1.82) is 0 Å². The first-order chi connectivity index (χ1) is 9.08. The van der Waals surface area contributed by atoms with Gasteiger partial charge in [0.2, 0.25) is 0 Å². The average molecular weight is 325 g/mol. The Balaban J connectivity index is 2.02. The summed E-state index contributed by atoms with van der Waals surface area (Å²) in [7, 11) is 0. The average Bonchev–Trinajstić information content (AvgIpc) is 2.92. The largest absolute Gasteiger partial charge is 0.507 e. The first kappa shape index (κ1) is 13.2. The summed E-state index contributed by atoms with van der Waals surface area (Å²) in [6, 6.07) is 7.40. The monoisotopic (exact) mass is 324 g/mol. The number of hydrogen-bond acceptors (Lipinski definition) is 4. The van der Waals surface area contributed by atoms with Crippen LogP contribution in [0.15, 0.2) is 45.5 Å². The molecule has 0 spiro atoms. The molecule has 19 heavy (non-hydrogen) atoms. The van der Waals surface area contributed by atoms with Crippen molar-refractivity contribution in [3.8, 4) is 5.75 Å². The summed E-state index contributed by atoms with van der Waals surface area (Å²) >= 11 is 3.18. The highest BCUT2D eigenvalue weighted by molar-refractivity contribution is 9.10. The third kappa shape index (κ3) is 3.14. The molecule has 0 saturated carbocycles. The number of phenolic OH excluding ortho intramolecular Hbond substituents is 1. The zero-order valence-corrected chi connectivity index (χ0v) is 11.1. The Morgan fingerprint density at radius 3 is 2.58 bits per heavy atom. The maximum absolute atomic E-state index is 11.8. The van der Waals surface area contributed by atoms with E-state index in [1.807, 2.05) is 0 Å². The van der Waals surface area contributed by atoms with Crippen LogP contribution in [0.3, 0.4) is 0 Å². The summed E-state index contributed by atoms with van der Waals surface area (Å²) in [6.45, 7) is 0. The molecule has 1 aromatic carbocycles. The van der Waals surface area contributed by atoms with E-state index in [0.29, 0.717) is 4.47 Å². The minimum absolute atomic E-state index is 0.0362. The molecule has 7 heteroatoms. The van der Waals surface area contributed by atoms with E-state index in [1.165, 1.54) is 24.5 Å². The van der Waals surface area contributed by atoms with E-state index in [9.17, 15) is 14.7 Å². The minimum atomic E-state index is -0.640. The van der Waals surface area contributed by atoms with Crippen molar-refractivity contribution in [2.75, 3.05) is 0 Å². The number of carbonyl (C=O) groups excluding carboxylic acids is 2. The van der Waals surface area contributed by atoms with Gasteiger partial charge in [-0.3, -0.25) is 20.4 Å². The van der Waals surface area contributed by atoms with Gasteiger partial charge in [0.15, 0.2) is 5.76 Å². The number of phenols is 1. The number of rotatable bonds is 2. The number of hydrazine groups is 1. The van der Waals surface area contributed by atoms with Crippen molar-refractivity contribution in [1.82, 2.24) is 10.9 Å². The smallest absolute Gasteiger partial charge is 0.305 e. The van der Waals surface area contributed by atoms with Crippen LogP contribution in [0.2, 0.25) is 0 Å². The van der Waals surface area contributed by atoms with Crippen LogP contribution in [0.1, 0.15) is 20.9 Å². The quantitative estimate of drug-likeness (QED) is 0.735. The fourth-order valence-electron chi connectivity index (χ4n) is 1.34. The zero-order chi connectivity index (χ0) is 13.8. The van der Waals surface area contributed by atoms with E-state index in [1.54, 1.807) is 12.1 Å². The predicted molar refractivity (Wildman–Crippen MR) is 69.4 cm³/mol. The van der Waals surface area contributed by atoms with Gasteiger partial charge in [-0.1, -0.05) is 15.9 Å². The van der Waals surface area contributed by atoms with Gasteiger partial charge in [-0.05, 0) is 30.3 Å². The number of benzene rings is 1. The second-order valence-corrected chi connectivity index (χ2v) is 4.46. The first-order valence-corrected chi connectivity index (χ1v) is 6.00. The molecule has 0 aliphatic rings. The molecule has 0 unspecified atom stereocenters. The van der Waals surface area contributed by atoms with Crippen molar-refractivity contribution in [3.05, 3.63) is 52.4 Å². The van der Waals surface area contributed by atoms with Crippen LogP contribution in [0.25, 0.3) is 0 Å². The number of carbonyl (C=O) groups is 2. The predicted octanol–water partition coefficient (Wildman–Crippen LogP) is 1.82. The lowest BCUT2D eigenvalue weighted by molar-refractivity contribution is 0.0829. The summed E-state index contributed by atoms with van der Waals surface area (Å²) in [5, 5.41) is 9.54. The lowest BCUT2D eigenvalue weighted by Gasteiger charge is -2.07. The molecule has 2 rings (SSSR count). The summed E-state index contributed by atoms with van der Waals surface area (Å²) in [5.74, 6) is -1.35. The highest BCUT2D eigenvalue weighted by Gasteiger charge is 2.14. The van der Waals surface area contributed by atoms with E-state index in [2.05, 4.69) is 26.8 Å². The van der Waals surface area contributed by atoms with E-state index in [0.717, 1.165) is 0 Å². The maximum Gasteiger partial charge on any atom is 0.305 e. The van der Waals surface area contributed by atoms with E-state index < -0.39 is 11.8 Å². The molecule has 0 aliphatic carbocycles. The summed E-state index contributed by atoms with van der Waals surface area (Å²) in [5.41, 5.74) is 4.38. The lowest BCUT2D eigenvalue weighted by atomic mass is 10.2. The topological polar surface area (TPSA) is 91.6 Å². The number of furan rings is 1. The Morgan fingerprint density at radius 2 is 1.89 bits per heavy atom. The standard InChI is InChI=1S/C12H9BrN2O4/c13-7-3-4-9(16)8(6-7)11(17)14-15-12(18)10-2-1-5-19-10/h1-6,16H,(H,14,17)(H,15,18). The second-order valence-electron chi connectivity index (χ2n) is 3.55. The van der Waals surface area contributed by atoms with Gasteiger partial charge in [0.1, 0.15) is 5.75 Å². The fourth-order valence-corrected chi connectivity index (χ4v) is 1.70. The van der Waals surface area contributed by atoms with Crippen molar-refractivity contribution in [2.24, 2.45) is 0 Å². The van der Waals surface area contributed by atoms with Crippen LogP contribution in [-0.4, -0.2) is 16.9 Å². The van der Waals surface area contributed by atoms with Crippen molar-refractivity contribution < 1.29 is 19.1 Å². The van der Waals surface area contributed by atoms with Crippen LogP contribution >= 0.6 is 15.9 Å². The van der Waals surface area contributed by atoms with Crippen LogP contribution in [0.4, 0.5) is 0 Å². The molecule has 3 N–H and O–H groups in total. The summed E-state index contributed by atoms with van der Waals surface area (Å²) < 4.78 is 5.49.